The number of anilines is 3. The third kappa shape index (κ3) is 4.49. The van der Waals surface area contributed by atoms with Gasteiger partial charge in [-0.1, -0.05) is 38.1 Å². The number of aryl methyl sites for hydroxylation is 1. The van der Waals surface area contributed by atoms with Gasteiger partial charge in [0.05, 0.1) is 30.2 Å². The quantitative estimate of drug-likeness (QED) is 0.596. The maximum atomic E-state index is 12.7. The summed E-state index contributed by atoms with van der Waals surface area (Å²) in [5.41, 5.74) is 5.12. The molecule has 5 heteroatoms. The smallest absolute Gasteiger partial charge is 0.257 e. The first-order valence-electron chi connectivity index (χ1n) is 9.25. The van der Waals surface area contributed by atoms with E-state index in [9.17, 15) is 4.79 Å². The van der Waals surface area contributed by atoms with Crippen LogP contribution in [-0.4, -0.2) is 18.0 Å². The number of para-hydroxylation sites is 1. The minimum Gasteiger partial charge on any atom is -0.495 e. The van der Waals surface area contributed by atoms with Crippen molar-refractivity contribution in [3.63, 3.8) is 0 Å². The number of nitrogens with one attached hydrogen (secondary N) is 2. The SMILES string of the molecule is COc1ccc(C)cc1NC(=O)c1cncc(Nc2ccccc2C(C)C)c1. The zero-order valence-electron chi connectivity index (χ0n) is 16.6. The Labute approximate surface area is 165 Å². The van der Waals surface area contributed by atoms with Crippen LogP contribution in [0.5, 0.6) is 5.75 Å². The Hall–Kier alpha value is -3.34. The highest BCUT2D eigenvalue weighted by atomic mass is 16.5. The summed E-state index contributed by atoms with van der Waals surface area (Å²) < 4.78 is 5.33. The molecule has 5 nitrogen and oxygen atoms in total. The first kappa shape index (κ1) is 19.4. The molecular formula is C23H25N3O2. The number of pyridine rings is 1. The Morgan fingerprint density at radius 2 is 1.82 bits per heavy atom. The van der Waals surface area contributed by atoms with Crippen LogP contribution in [0.2, 0.25) is 0 Å². The van der Waals surface area contributed by atoms with Gasteiger partial charge in [-0.25, -0.2) is 0 Å². The molecule has 0 saturated heterocycles. The lowest BCUT2D eigenvalue weighted by Gasteiger charge is -2.15. The number of hydrogen-bond donors (Lipinski definition) is 2. The third-order valence-electron chi connectivity index (χ3n) is 4.47. The molecular weight excluding hydrogens is 350 g/mol. The molecule has 1 heterocycles. The van der Waals surface area contributed by atoms with Gasteiger partial charge in [0.2, 0.25) is 0 Å². The first-order valence-corrected chi connectivity index (χ1v) is 9.25. The topological polar surface area (TPSA) is 63.2 Å². The fourth-order valence-electron chi connectivity index (χ4n) is 3.02. The highest BCUT2D eigenvalue weighted by molar-refractivity contribution is 6.05. The summed E-state index contributed by atoms with van der Waals surface area (Å²) in [7, 11) is 1.58. The van der Waals surface area contributed by atoms with Crippen molar-refractivity contribution in [2.45, 2.75) is 26.7 Å². The van der Waals surface area contributed by atoms with E-state index < -0.39 is 0 Å². The van der Waals surface area contributed by atoms with Crippen LogP contribution >= 0.6 is 0 Å². The van der Waals surface area contributed by atoms with E-state index in [-0.39, 0.29) is 5.91 Å². The standard InChI is InChI=1S/C23H25N3O2/c1-15(2)19-7-5-6-8-20(19)25-18-12-17(13-24-14-18)23(27)26-21-11-16(3)9-10-22(21)28-4/h5-15,25H,1-4H3,(H,26,27). The largest absolute Gasteiger partial charge is 0.495 e. The fraction of sp³-hybridized carbons (Fsp3) is 0.217. The molecule has 0 aliphatic rings. The predicted molar refractivity (Wildman–Crippen MR) is 114 cm³/mol. The number of rotatable bonds is 6. The van der Waals surface area contributed by atoms with Crippen LogP contribution in [0.15, 0.2) is 60.9 Å². The van der Waals surface area contributed by atoms with E-state index in [0.29, 0.717) is 22.9 Å². The molecule has 0 aliphatic heterocycles. The predicted octanol–water partition coefficient (Wildman–Crippen LogP) is 5.52. The van der Waals surface area contributed by atoms with Gasteiger partial charge < -0.3 is 15.4 Å². The Morgan fingerprint density at radius 3 is 2.57 bits per heavy atom. The van der Waals surface area contributed by atoms with E-state index in [1.54, 1.807) is 25.6 Å². The second-order valence-corrected chi connectivity index (χ2v) is 6.99. The molecule has 2 N–H and O–H groups in total. The lowest BCUT2D eigenvalue weighted by atomic mass is 10.0. The van der Waals surface area contributed by atoms with Crippen LogP contribution < -0.4 is 15.4 Å². The minimum absolute atomic E-state index is 0.239. The van der Waals surface area contributed by atoms with Crippen LogP contribution in [0.4, 0.5) is 17.1 Å². The summed E-state index contributed by atoms with van der Waals surface area (Å²) in [6, 6.07) is 15.6. The van der Waals surface area contributed by atoms with E-state index in [1.807, 2.05) is 43.3 Å². The first-order chi connectivity index (χ1) is 13.5. The molecule has 0 fully saturated rings. The molecule has 2 aromatic carbocycles. The number of aromatic nitrogens is 1. The van der Waals surface area contributed by atoms with E-state index in [0.717, 1.165) is 16.9 Å². The lowest BCUT2D eigenvalue weighted by molar-refractivity contribution is 0.102. The molecule has 0 atom stereocenters. The zero-order chi connectivity index (χ0) is 20.1. The number of methoxy groups -OCH3 is 1. The average Bonchev–Trinajstić information content (AvgIpc) is 2.68. The van der Waals surface area contributed by atoms with E-state index in [1.165, 1.54) is 5.56 Å². The van der Waals surface area contributed by atoms with Crippen LogP contribution in [0.25, 0.3) is 0 Å². The van der Waals surface area contributed by atoms with Crippen molar-refractivity contribution < 1.29 is 9.53 Å². The Kier molecular flexibility index (Phi) is 5.94. The van der Waals surface area contributed by atoms with Gasteiger partial charge in [0, 0.05) is 11.9 Å². The van der Waals surface area contributed by atoms with Crippen LogP contribution in [0, 0.1) is 6.92 Å². The number of nitrogens with zero attached hydrogens (tertiary/aromatic N) is 1. The summed E-state index contributed by atoms with van der Waals surface area (Å²) in [5, 5.41) is 6.29. The average molecular weight is 375 g/mol. The molecule has 0 aliphatic carbocycles. The lowest BCUT2D eigenvalue weighted by Crippen LogP contribution is -2.13. The molecule has 0 radical (unpaired) electrons. The van der Waals surface area contributed by atoms with Gasteiger partial charge in [-0.2, -0.15) is 0 Å². The molecule has 0 saturated carbocycles. The van der Waals surface area contributed by atoms with Crippen LogP contribution in [0.3, 0.4) is 0 Å². The summed E-state index contributed by atoms with van der Waals surface area (Å²) in [6.45, 7) is 6.27. The van der Waals surface area contributed by atoms with Crippen molar-refractivity contribution in [3.05, 3.63) is 77.6 Å². The van der Waals surface area contributed by atoms with E-state index >= 15 is 0 Å². The molecule has 0 bridgehead atoms. The van der Waals surface area contributed by atoms with Gasteiger partial charge in [-0.15, -0.1) is 0 Å². The summed E-state index contributed by atoms with van der Waals surface area (Å²) >= 11 is 0. The molecule has 1 amide bonds. The van der Waals surface area contributed by atoms with E-state index in [2.05, 4.69) is 35.5 Å². The number of carbonyl (C=O) groups is 1. The molecule has 3 aromatic rings. The van der Waals surface area contributed by atoms with Crippen molar-refractivity contribution in [3.8, 4) is 5.75 Å². The highest BCUT2D eigenvalue weighted by Gasteiger charge is 2.12. The van der Waals surface area contributed by atoms with Crippen molar-refractivity contribution in [1.82, 2.24) is 4.98 Å². The minimum atomic E-state index is -0.239. The van der Waals surface area contributed by atoms with Gasteiger partial charge in [0.25, 0.3) is 5.91 Å². The molecule has 3 rings (SSSR count). The second-order valence-electron chi connectivity index (χ2n) is 6.99. The molecule has 1 aromatic heterocycles. The van der Waals surface area contributed by atoms with Crippen LogP contribution in [0.1, 0.15) is 41.3 Å². The Bertz CT molecular complexity index is 983. The van der Waals surface area contributed by atoms with Crippen LogP contribution in [-0.2, 0) is 0 Å². The Morgan fingerprint density at radius 1 is 1.04 bits per heavy atom. The summed E-state index contributed by atoms with van der Waals surface area (Å²) in [6.07, 6.45) is 3.26. The number of amides is 1. The fourth-order valence-corrected chi connectivity index (χ4v) is 3.02. The van der Waals surface area contributed by atoms with Gasteiger partial charge in [0.1, 0.15) is 5.75 Å². The van der Waals surface area contributed by atoms with Crippen molar-refractivity contribution in [1.29, 1.82) is 0 Å². The summed E-state index contributed by atoms with van der Waals surface area (Å²) in [5.74, 6) is 0.765. The van der Waals surface area contributed by atoms with Crippen molar-refractivity contribution in [2.24, 2.45) is 0 Å². The highest BCUT2D eigenvalue weighted by Crippen LogP contribution is 2.28. The number of carbonyl (C=O) groups excluding carboxylic acids is 1. The van der Waals surface area contributed by atoms with Gasteiger partial charge in [-0.3, -0.25) is 9.78 Å². The third-order valence-corrected chi connectivity index (χ3v) is 4.47. The molecule has 0 spiro atoms. The van der Waals surface area contributed by atoms with Crippen molar-refractivity contribution in [2.75, 3.05) is 17.7 Å². The number of ether oxygens (including phenoxy) is 1. The van der Waals surface area contributed by atoms with Gasteiger partial charge >= 0.3 is 0 Å². The second kappa shape index (κ2) is 8.57. The molecule has 0 unspecified atom stereocenters. The maximum Gasteiger partial charge on any atom is 0.257 e. The monoisotopic (exact) mass is 375 g/mol. The number of benzene rings is 2. The van der Waals surface area contributed by atoms with Gasteiger partial charge in [0.15, 0.2) is 0 Å². The normalized spacial score (nSPS) is 10.6. The molecule has 28 heavy (non-hydrogen) atoms. The maximum absolute atomic E-state index is 12.7. The molecule has 144 valence electrons. The number of hydrogen-bond acceptors (Lipinski definition) is 4. The zero-order valence-corrected chi connectivity index (χ0v) is 16.6. The van der Waals surface area contributed by atoms with E-state index in [4.69, 9.17) is 4.74 Å². The summed E-state index contributed by atoms with van der Waals surface area (Å²) in [4.78, 5) is 17.0. The van der Waals surface area contributed by atoms with Gasteiger partial charge in [-0.05, 0) is 48.2 Å². The Balaban J connectivity index is 1.82. The van der Waals surface area contributed by atoms with Crippen molar-refractivity contribution >= 4 is 23.0 Å².